The Kier molecular flexibility index (Phi) is 4.75. The van der Waals surface area contributed by atoms with E-state index in [0.717, 1.165) is 16.8 Å². The number of benzene rings is 2. The highest BCUT2D eigenvalue weighted by Gasteiger charge is 2.07. The summed E-state index contributed by atoms with van der Waals surface area (Å²) in [6.07, 6.45) is 0. The molecule has 2 rings (SSSR count). The van der Waals surface area contributed by atoms with Crippen LogP contribution in [0, 0.1) is 5.82 Å². The van der Waals surface area contributed by atoms with E-state index in [1.165, 1.54) is 13.2 Å². The fraction of sp³-hybridized carbons (Fsp3) is 0.188. The Balaban J connectivity index is 2.17. The molecule has 21 heavy (non-hydrogen) atoms. The maximum Gasteiger partial charge on any atom is 0.165 e. The van der Waals surface area contributed by atoms with Gasteiger partial charge in [-0.1, -0.05) is 30.4 Å². The van der Waals surface area contributed by atoms with E-state index in [1.807, 2.05) is 42.3 Å². The first-order valence-corrected chi connectivity index (χ1v) is 6.85. The van der Waals surface area contributed by atoms with Crippen LogP contribution in [0.15, 0.2) is 42.5 Å². The topological polar surface area (TPSA) is 38.5 Å². The van der Waals surface area contributed by atoms with Crippen molar-refractivity contribution >= 4 is 22.9 Å². The third kappa shape index (κ3) is 3.70. The van der Waals surface area contributed by atoms with Gasteiger partial charge in [0, 0.05) is 24.8 Å². The average molecular weight is 304 g/mol. The van der Waals surface area contributed by atoms with Crippen molar-refractivity contribution in [1.82, 2.24) is 0 Å². The molecular formula is C16H17FN2OS. The van der Waals surface area contributed by atoms with Crippen molar-refractivity contribution in [3.8, 4) is 5.75 Å². The molecule has 0 saturated carbocycles. The van der Waals surface area contributed by atoms with Crippen molar-refractivity contribution in [2.45, 2.75) is 6.54 Å². The van der Waals surface area contributed by atoms with Gasteiger partial charge in [0.1, 0.15) is 4.99 Å². The predicted molar refractivity (Wildman–Crippen MR) is 87.4 cm³/mol. The largest absolute Gasteiger partial charge is 0.494 e. The number of ether oxygens (including phenoxy) is 1. The molecule has 5 heteroatoms. The molecule has 0 aliphatic rings. The van der Waals surface area contributed by atoms with Gasteiger partial charge in [-0.05, 0) is 29.8 Å². The molecule has 2 N–H and O–H groups in total. The predicted octanol–water partition coefficient (Wildman–Crippen LogP) is 3.10. The molecule has 0 heterocycles. The van der Waals surface area contributed by atoms with Crippen LogP contribution in [0.3, 0.4) is 0 Å². The Hall–Kier alpha value is -2.14. The van der Waals surface area contributed by atoms with Crippen LogP contribution >= 0.6 is 12.2 Å². The number of thiocarbonyl (C=S) groups is 1. The minimum atomic E-state index is -0.361. The number of methoxy groups -OCH3 is 1. The third-order valence-corrected chi connectivity index (χ3v) is 3.44. The number of halogens is 1. The molecule has 0 bridgehead atoms. The summed E-state index contributed by atoms with van der Waals surface area (Å²) in [7, 11) is 3.38. The number of rotatable bonds is 5. The standard InChI is InChI=1S/C16H17FN2OS/c1-19(13-5-3-4-12(9-13)16(18)21)10-11-6-7-15(20-2)14(17)8-11/h3-9H,10H2,1-2H3,(H2,18,21). The van der Waals surface area contributed by atoms with Gasteiger partial charge < -0.3 is 15.4 Å². The van der Waals surface area contributed by atoms with Crippen LogP contribution in [0.5, 0.6) is 5.75 Å². The van der Waals surface area contributed by atoms with Gasteiger partial charge in [-0.15, -0.1) is 0 Å². The van der Waals surface area contributed by atoms with Gasteiger partial charge in [0.05, 0.1) is 7.11 Å². The summed E-state index contributed by atoms with van der Waals surface area (Å²) < 4.78 is 18.6. The quantitative estimate of drug-likeness (QED) is 0.862. The molecule has 0 aliphatic carbocycles. The Morgan fingerprint density at radius 1 is 1.29 bits per heavy atom. The van der Waals surface area contributed by atoms with Crippen molar-refractivity contribution < 1.29 is 9.13 Å². The lowest BCUT2D eigenvalue weighted by molar-refractivity contribution is 0.386. The average Bonchev–Trinajstić information content (AvgIpc) is 2.47. The first kappa shape index (κ1) is 15.3. The molecule has 0 saturated heterocycles. The summed E-state index contributed by atoms with van der Waals surface area (Å²) in [5, 5.41) is 0. The lowest BCUT2D eigenvalue weighted by Crippen LogP contribution is -2.17. The van der Waals surface area contributed by atoms with Gasteiger partial charge in [0.15, 0.2) is 11.6 Å². The zero-order chi connectivity index (χ0) is 15.4. The van der Waals surface area contributed by atoms with Crippen molar-refractivity contribution in [3.05, 3.63) is 59.4 Å². The molecule has 0 atom stereocenters. The second-order valence-corrected chi connectivity index (χ2v) is 5.18. The van der Waals surface area contributed by atoms with E-state index in [1.54, 1.807) is 6.07 Å². The number of hydrogen-bond donors (Lipinski definition) is 1. The summed E-state index contributed by atoms with van der Waals surface area (Å²) in [4.78, 5) is 2.36. The van der Waals surface area contributed by atoms with Gasteiger partial charge in [-0.25, -0.2) is 4.39 Å². The van der Waals surface area contributed by atoms with E-state index >= 15 is 0 Å². The molecule has 2 aromatic carbocycles. The molecule has 0 radical (unpaired) electrons. The summed E-state index contributed by atoms with van der Waals surface area (Å²) >= 11 is 4.98. The first-order valence-electron chi connectivity index (χ1n) is 6.44. The number of hydrogen-bond acceptors (Lipinski definition) is 3. The van der Waals surface area contributed by atoms with Gasteiger partial charge in [0.2, 0.25) is 0 Å². The SMILES string of the molecule is COc1ccc(CN(C)c2cccc(C(N)=S)c2)cc1F. The lowest BCUT2D eigenvalue weighted by Gasteiger charge is -2.20. The molecule has 0 fully saturated rings. The van der Waals surface area contributed by atoms with E-state index in [9.17, 15) is 4.39 Å². The zero-order valence-corrected chi connectivity index (χ0v) is 12.8. The highest BCUT2D eigenvalue weighted by Crippen LogP contribution is 2.21. The van der Waals surface area contributed by atoms with Crippen LogP contribution in [0.2, 0.25) is 0 Å². The Bertz CT molecular complexity index is 660. The van der Waals surface area contributed by atoms with E-state index < -0.39 is 0 Å². The number of anilines is 1. The lowest BCUT2D eigenvalue weighted by atomic mass is 10.1. The van der Waals surface area contributed by atoms with Crippen LogP contribution in [0.4, 0.5) is 10.1 Å². The van der Waals surface area contributed by atoms with Gasteiger partial charge in [0.25, 0.3) is 0 Å². The second kappa shape index (κ2) is 6.54. The van der Waals surface area contributed by atoms with Gasteiger partial charge in [-0.2, -0.15) is 0 Å². The minimum absolute atomic E-state index is 0.247. The van der Waals surface area contributed by atoms with Gasteiger partial charge in [-0.3, -0.25) is 0 Å². The van der Waals surface area contributed by atoms with Crippen molar-refractivity contribution in [3.63, 3.8) is 0 Å². The fourth-order valence-corrected chi connectivity index (χ4v) is 2.20. The van der Waals surface area contributed by atoms with Crippen LogP contribution < -0.4 is 15.4 Å². The van der Waals surface area contributed by atoms with E-state index in [2.05, 4.69) is 0 Å². The summed E-state index contributed by atoms with van der Waals surface area (Å²) in [6.45, 7) is 0.571. The summed E-state index contributed by atoms with van der Waals surface area (Å²) in [5.74, 6) is -0.114. The maximum atomic E-state index is 13.7. The molecule has 0 unspecified atom stereocenters. The maximum absolute atomic E-state index is 13.7. The summed E-state index contributed by atoms with van der Waals surface area (Å²) in [5.41, 5.74) is 8.28. The Morgan fingerprint density at radius 3 is 2.67 bits per heavy atom. The molecule has 2 aromatic rings. The minimum Gasteiger partial charge on any atom is -0.494 e. The van der Waals surface area contributed by atoms with Crippen LogP contribution in [0.1, 0.15) is 11.1 Å². The van der Waals surface area contributed by atoms with E-state index in [4.69, 9.17) is 22.7 Å². The van der Waals surface area contributed by atoms with Gasteiger partial charge >= 0.3 is 0 Å². The molecule has 110 valence electrons. The highest BCUT2D eigenvalue weighted by atomic mass is 32.1. The highest BCUT2D eigenvalue weighted by molar-refractivity contribution is 7.80. The van der Waals surface area contributed by atoms with E-state index in [0.29, 0.717) is 11.5 Å². The molecule has 0 aromatic heterocycles. The molecule has 0 amide bonds. The third-order valence-electron chi connectivity index (χ3n) is 3.21. The first-order chi connectivity index (χ1) is 10.0. The summed E-state index contributed by atoms with van der Waals surface area (Å²) in [6, 6.07) is 12.6. The van der Waals surface area contributed by atoms with Crippen LogP contribution in [-0.2, 0) is 6.54 Å². The smallest absolute Gasteiger partial charge is 0.165 e. The fourth-order valence-electron chi connectivity index (χ4n) is 2.07. The Morgan fingerprint density at radius 2 is 2.05 bits per heavy atom. The van der Waals surface area contributed by atoms with Crippen molar-refractivity contribution in [2.75, 3.05) is 19.1 Å². The molecule has 3 nitrogen and oxygen atoms in total. The van der Waals surface area contributed by atoms with Crippen LogP contribution in [0.25, 0.3) is 0 Å². The zero-order valence-electron chi connectivity index (χ0n) is 12.0. The molecule has 0 aliphatic heterocycles. The Labute approximate surface area is 129 Å². The van der Waals surface area contributed by atoms with Crippen molar-refractivity contribution in [1.29, 1.82) is 0 Å². The van der Waals surface area contributed by atoms with Crippen molar-refractivity contribution in [2.24, 2.45) is 5.73 Å². The van der Waals surface area contributed by atoms with Crippen LogP contribution in [-0.4, -0.2) is 19.1 Å². The second-order valence-electron chi connectivity index (χ2n) is 4.74. The number of nitrogens with two attached hydrogens (primary N) is 1. The van der Waals surface area contributed by atoms with E-state index in [-0.39, 0.29) is 11.6 Å². The normalized spacial score (nSPS) is 10.2. The molecule has 0 spiro atoms. The monoisotopic (exact) mass is 304 g/mol. The molecular weight excluding hydrogens is 287 g/mol. The number of nitrogens with zero attached hydrogens (tertiary/aromatic N) is 1.